The number of benzene rings is 3. The fourth-order valence-corrected chi connectivity index (χ4v) is 4.86. The van der Waals surface area contributed by atoms with E-state index in [2.05, 4.69) is 18.8 Å². The van der Waals surface area contributed by atoms with Gasteiger partial charge < -0.3 is 0 Å². The van der Waals surface area contributed by atoms with Crippen molar-refractivity contribution in [1.82, 2.24) is 0 Å². The van der Waals surface area contributed by atoms with Gasteiger partial charge in [0.2, 0.25) is 0 Å². The molecule has 3 aromatic carbocycles. The average Bonchev–Trinajstić information content (AvgIpc) is 2.82. The molecule has 0 heterocycles. The molecule has 0 atom stereocenters. The van der Waals surface area contributed by atoms with Crippen molar-refractivity contribution in [1.29, 1.82) is 0 Å². The fourth-order valence-electron chi connectivity index (χ4n) is 4.86. The molecule has 1 aliphatic rings. The summed E-state index contributed by atoms with van der Waals surface area (Å²) in [7, 11) is 0. The van der Waals surface area contributed by atoms with Gasteiger partial charge in [-0.1, -0.05) is 37.7 Å². The molecule has 184 valence electrons. The number of aryl methyl sites for hydroxylation is 1. The lowest BCUT2D eigenvalue weighted by Crippen LogP contribution is -2.12. The summed E-state index contributed by atoms with van der Waals surface area (Å²) in [5.41, 5.74) is 0.992. The van der Waals surface area contributed by atoms with Crippen LogP contribution in [0.25, 0.3) is 10.8 Å². The summed E-state index contributed by atoms with van der Waals surface area (Å²) >= 11 is 0. The first-order chi connectivity index (χ1) is 16.8. The van der Waals surface area contributed by atoms with Gasteiger partial charge in [0, 0.05) is 5.92 Å². The molecule has 35 heavy (non-hydrogen) atoms. The molecule has 0 nitrogen and oxygen atoms in total. The van der Waals surface area contributed by atoms with Crippen molar-refractivity contribution in [2.45, 2.75) is 64.2 Å². The highest BCUT2D eigenvalue weighted by Crippen LogP contribution is 2.38. The van der Waals surface area contributed by atoms with Crippen LogP contribution in [0.2, 0.25) is 0 Å². The van der Waals surface area contributed by atoms with E-state index in [1.54, 1.807) is 0 Å². The van der Waals surface area contributed by atoms with E-state index in [9.17, 15) is 26.3 Å². The van der Waals surface area contributed by atoms with E-state index < -0.39 is 40.3 Å². The van der Waals surface area contributed by atoms with E-state index in [1.807, 2.05) is 0 Å². The molecule has 0 unspecified atom stereocenters. The van der Waals surface area contributed by atoms with Gasteiger partial charge >= 0.3 is 0 Å². The highest BCUT2D eigenvalue weighted by molar-refractivity contribution is 5.84. The van der Waals surface area contributed by atoms with Crippen LogP contribution in [0.3, 0.4) is 0 Å². The van der Waals surface area contributed by atoms with Gasteiger partial charge in [-0.3, -0.25) is 0 Å². The zero-order valence-electron chi connectivity index (χ0n) is 19.5. The summed E-state index contributed by atoms with van der Waals surface area (Å²) in [6.45, 7) is 2.07. The van der Waals surface area contributed by atoms with E-state index in [0.29, 0.717) is 43.2 Å². The summed E-state index contributed by atoms with van der Waals surface area (Å²) in [6, 6.07) is 6.17. The molecule has 0 spiro atoms. The first-order valence-electron chi connectivity index (χ1n) is 12.0. The number of unbranched alkanes of at least 4 members (excludes halogenated alkanes) is 2. The number of halogens is 6. The van der Waals surface area contributed by atoms with Crippen LogP contribution in [0.5, 0.6) is 0 Å². The highest BCUT2D eigenvalue weighted by Gasteiger charge is 2.24. The topological polar surface area (TPSA) is 0 Å². The zero-order valence-corrected chi connectivity index (χ0v) is 19.5. The lowest BCUT2D eigenvalue weighted by Gasteiger charge is -2.26. The number of hydrogen-bond acceptors (Lipinski definition) is 0. The summed E-state index contributed by atoms with van der Waals surface area (Å²) in [4.78, 5) is 0. The Kier molecular flexibility index (Phi) is 7.74. The molecule has 0 saturated heterocycles. The molecule has 4 rings (SSSR count). The van der Waals surface area contributed by atoms with E-state index in [1.165, 1.54) is 24.3 Å². The quantitative estimate of drug-likeness (QED) is 0.146. The minimum atomic E-state index is -1.69. The van der Waals surface area contributed by atoms with Crippen molar-refractivity contribution in [3.63, 3.8) is 0 Å². The molecule has 3 aromatic rings. The van der Waals surface area contributed by atoms with Crippen molar-refractivity contribution >= 4 is 10.8 Å². The molecule has 6 heteroatoms. The van der Waals surface area contributed by atoms with E-state index >= 15 is 0 Å². The third-order valence-corrected chi connectivity index (χ3v) is 6.82. The molecule has 1 fully saturated rings. The van der Waals surface area contributed by atoms with Crippen LogP contribution >= 0.6 is 0 Å². The molecule has 0 radical (unpaired) electrons. The van der Waals surface area contributed by atoms with Crippen LogP contribution < -0.4 is 0 Å². The van der Waals surface area contributed by atoms with Gasteiger partial charge in [0.05, 0.1) is 10.9 Å². The van der Waals surface area contributed by atoms with Crippen LogP contribution in [0.15, 0.2) is 30.3 Å². The maximum absolute atomic E-state index is 14.5. The Labute approximate surface area is 201 Å². The predicted octanol–water partition coefficient (Wildman–Crippen LogP) is 8.73. The second kappa shape index (κ2) is 10.8. The van der Waals surface area contributed by atoms with Crippen molar-refractivity contribution in [3.05, 3.63) is 81.9 Å². The molecular weight excluding hydrogens is 462 g/mol. The van der Waals surface area contributed by atoms with Gasteiger partial charge in [-0.15, -0.1) is 0 Å². The largest absolute Gasteiger partial charge is 0.206 e. The first-order valence-corrected chi connectivity index (χ1v) is 12.0. The van der Waals surface area contributed by atoms with Crippen molar-refractivity contribution in [2.24, 2.45) is 5.92 Å². The Morgan fingerprint density at radius 1 is 0.743 bits per heavy atom. The Balaban J connectivity index is 1.45. The fraction of sp³-hybridized carbons (Fsp3) is 0.379. The third kappa shape index (κ3) is 5.50. The van der Waals surface area contributed by atoms with E-state index in [-0.39, 0.29) is 22.8 Å². The number of fused-ring (bicyclic) bond motifs is 1. The van der Waals surface area contributed by atoms with Gasteiger partial charge in [0.1, 0.15) is 17.5 Å². The Morgan fingerprint density at radius 3 is 2.09 bits per heavy atom. The molecule has 1 aliphatic carbocycles. The molecular formula is C29H26F6. The van der Waals surface area contributed by atoms with Crippen LogP contribution in [0, 0.1) is 52.7 Å². The molecule has 0 amide bonds. The summed E-state index contributed by atoms with van der Waals surface area (Å²) in [6.07, 6.45) is 6.10. The second-order valence-electron chi connectivity index (χ2n) is 9.30. The molecule has 0 N–H and O–H groups in total. The maximum Gasteiger partial charge on any atom is 0.195 e. The number of hydrogen-bond donors (Lipinski definition) is 0. The van der Waals surface area contributed by atoms with Crippen LogP contribution in [-0.2, 0) is 6.42 Å². The monoisotopic (exact) mass is 488 g/mol. The van der Waals surface area contributed by atoms with Gasteiger partial charge in [0.15, 0.2) is 17.5 Å². The van der Waals surface area contributed by atoms with Crippen molar-refractivity contribution in [3.8, 4) is 11.8 Å². The minimum absolute atomic E-state index is 0.0255. The van der Waals surface area contributed by atoms with Gasteiger partial charge in [-0.25, -0.2) is 26.3 Å². The van der Waals surface area contributed by atoms with Crippen molar-refractivity contribution in [2.75, 3.05) is 0 Å². The van der Waals surface area contributed by atoms with Crippen LogP contribution in [0.4, 0.5) is 26.3 Å². The molecule has 0 bridgehead atoms. The smallest absolute Gasteiger partial charge is 0.195 e. The average molecular weight is 489 g/mol. The minimum Gasteiger partial charge on any atom is -0.206 e. The van der Waals surface area contributed by atoms with Crippen LogP contribution in [0.1, 0.15) is 74.5 Å². The molecule has 1 saturated carbocycles. The lowest BCUT2D eigenvalue weighted by atomic mass is 9.78. The van der Waals surface area contributed by atoms with Gasteiger partial charge in [-0.05, 0) is 85.2 Å². The molecule has 0 aromatic heterocycles. The third-order valence-electron chi connectivity index (χ3n) is 6.82. The second-order valence-corrected chi connectivity index (χ2v) is 9.30. The zero-order chi connectivity index (χ0) is 25.1. The van der Waals surface area contributed by atoms with Crippen LogP contribution in [-0.4, -0.2) is 0 Å². The Hall–Kier alpha value is -2.94. The van der Waals surface area contributed by atoms with Gasteiger partial charge in [0.25, 0.3) is 0 Å². The Bertz CT molecular complexity index is 1270. The highest BCUT2D eigenvalue weighted by atomic mass is 19.2. The maximum atomic E-state index is 14.5. The van der Waals surface area contributed by atoms with E-state index in [4.69, 9.17) is 0 Å². The van der Waals surface area contributed by atoms with Gasteiger partial charge in [-0.2, -0.15) is 0 Å². The SMILES string of the molecule is CCCCCc1cc(F)c(C#CC2CCC(c3cc(F)c4c(F)c(F)c(F)cc4c3)CC2)c(F)c1. The number of rotatable bonds is 5. The lowest BCUT2D eigenvalue weighted by molar-refractivity contribution is 0.384. The summed E-state index contributed by atoms with van der Waals surface area (Å²) in [5.74, 6) is -1.29. The molecule has 0 aliphatic heterocycles. The predicted molar refractivity (Wildman–Crippen MR) is 125 cm³/mol. The summed E-state index contributed by atoms with van der Waals surface area (Å²) < 4.78 is 84.5. The summed E-state index contributed by atoms with van der Waals surface area (Å²) in [5, 5.41) is -0.588. The standard InChI is InChI=1S/C29H26F6/c1-2-3-4-5-18-12-23(30)22(24(31)13-18)11-8-17-6-9-19(10-7-17)20-14-21-16-26(33)28(34)29(35)27(21)25(32)15-20/h12-17,19H,2-7,9-10H2,1H3. The van der Waals surface area contributed by atoms with Crippen molar-refractivity contribution < 1.29 is 26.3 Å². The Morgan fingerprint density at radius 2 is 1.43 bits per heavy atom. The van der Waals surface area contributed by atoms with E-state index in [0.717, 1.165) is 25.3 Å². The first kappa shape index (κ1) is 25.2. The normalized spacial score (nSPS) is 17.9.